The number of hydrogen-bond donors (Lipinski definition) is 1. The van der Waals surface area contributed by atoms with E-state index >= 15 is 0 Å². The fraction of sp³-hybridized carbons (Fsp3) is 0.833. The van der Waals surface area contributed by atoms with Crippen LogP contribution in [0, 0.1) is 0 Å². The van der Waals surface area contributed by atoms with Gasteiger partial charge in [0.05, 0.1) is 6.26 Å². The van der Waals surface area contributed by atoms with Gasteiger partial charge in [-0.2, -0.15) is 0 Å². The zero-order chi connectivity index (χ0) is 9.86. The Morgan fingerprint density at radius 1 is 1.43 bits per heavy atom. The molecule has 0 radical (unpaired) electrons. The Kier molecular flexibility index (Phi) is 3.12. The summed E-state index contributed by atoms with van der Waals surface area (Å²) in [5.74, 6) is 0. The van der Waals surface area contributed by atoms with Gasteiger partial charge in [0, 0.05) is 12.1 Å². The molecule has 2 heteroatoms. The summed E-state index contributed by atoms with van der Waals surface area (Å²) in [6.07, 6.45) is 12.1. The minimum absolute atomic E-state index is 0.393. The number of hydrogen-bond acceptors (Lipinski definition) is 2. The van der Waals surface area contributed by atoms with Crippen LogP contribution in [0.4, 0.5) is 0 Å². The first-order valence-electron chi connectivity index (χ1n) is 5.84. The normalized spacial score (nSPS) is 30.2. The molecular weight excluding hydrogens is 174 g/mol. The van der Waals surface area contributed by atoms with Gasteiger partial charge in [-0.1, -0.05) is 12.8 Å². The molecule has 14 heavy (non-hydrogen) atoms. The van der Waals surface area contributed by atoms with Crippen LogP contribution >= 0.6 is 0 Å². The van der Waals surface area contributed by atoms with Crippen molar-refractivity contribution in [1.82, 2.24) is 5.32 Å². The van der Waals surface area contributed by atoms with Gasteiger partial charge >= 0.3 is 0 Å². The minimum atomic E-state index is 0.393. The van der Waals surface area contributed by atoms with E-state index in [2.05, 4.69) is 18.3 Å². The average molecular weight is 195 g/mol. The first kappa shape index (κ1) is 10.0. The van der Waals surface area contributed by atoms with Crippen LogP contribution in [0.5, 0.6) is 0 Å². The van der Waals surface area contributed by atoms with Gasteiger partial charge in [-0.25, -0.2) is 0 Å². The van der Waals surface area contributed by atoms with Crippen LogP contribution in [0.1, 0.15) is 45.4 Å². The SMILES string of the molecule is CC1(NCC2CCC=CO2)CCCC1. The Hall–Kier alpha value is -0.500. The van der Waals surface area contributed by atoms with E-state index in [1.54, 1.807) is 0 Å². The molecule has 80 valence electrons. The molecular formula is C12H21NO. The van der Waals surface area contributed by atoms with Gasteiger partial charge in [0.15, 0.2) is 0 Å². The predicted octanol–water partition coefficient (Wildman–Crippen LogP) is 2.60. The van der Waals surface area contributed by atoms with E-state index in [1.807, 2.05) is 6.26 Å². The van der Waals surface area contributed by atoms with E-state index in [4.69, 9.17) is 4.74 Å². The molecule has 0 bridgehead atoms. The number of ether oxygens (including phenoxy) is 1. The molecule has 0 aromatic heterocycles. The molecule has 2 aliphatic rings. The van der Waals surface area contributed by atoms with Crippen LogP contribution in [0.3, 0.4) is 0 Å². The monoisotopic (exact) mass is 195 g/mol. The highest BCUT2D eigenvalue weighted by molar-refractivity contribution is 4.90. The van der Waals surface area contributed by atoms with Crippen LogP contribution < -0.4 is 5.32 Å². The van der Waals surface area contributed by atoms with Crippen molar-refractivity contribution in [3.63, 3.8) is 0 Å². The molecule has 0 spiro atoms. The molecule has 0 amide bonds. The first-order chi connectivity index (χ1) is 6.79. The highest BCUT2D eigenvalue weighted by Crippen LogP contribution is 2.29. The average Bonchev–Trinajstić information content (AvgIpc) is 2.65. The number of allylic oxidation sites excluding steroid dienone is 1. The van der Waals surface area contributed by atoms with Crippen molar-refractivity contribution >= 4 is 0 Å². The van der Waals surface area contributed by atoms with Gasteiger partial charge < -0.3 is 10.1 Å². The number of rotatable bonds is 3. The lowest BCUT2D eigenvalue weighted by Gasteiger charge is -2.29. The van der Waals surface area contributed by atoms with E-state index in [0.29, 0.717) is 11.6 Å². The maximum absolute atomic E-state index is 5.54. The lowest BCUT2D eigenvalue weighted by molar-refractivity contribution is 0.112. The fourth-order valence-corrected chi connectivity index (χ4v) is 2.43. The summed E-state index contributed by atoms with van der Waals surface area (Å²) in [6, 6.07) is 0. The van der Waals surface area contributed by atoms with Gasteiger partial charge in [-0.05, 0) is 38.7 Å². The van der Waals surface area contributed by atoms with Crippen molar-refractivity contribution in [2.24, 2.45) is 0 Å². The summed E-state index contributed by atoms with van der Waals surface area (Å²) in [7, 11) is 0. The van der Waals surface area contributed by atoms with E-state index in [9.17, 15) is 0 Å². The molecule has 1 aliphatic heterocycles. The molecule has 0 aromatic carbocycles. The maximum atomic E-state index is 5.54. The molecule has 1 N–H and O–H groups in total. The molecule has 0 aromatic rings. The van der Waals surface area contributed by atoms with Crippen LogP contribution in [0.25, 0.3) is 0 Å². The highest BCUT2D eigenvalue weighted by Gasteiger charge is 2.28. The van der Waals surface area contributed by atoms with Crippen LogP contribution in [0.2, 0.25) is 0 Å². The van der Waals surface area contributed by atoms with Crippen molar-refractivity contribution in [2.75, 3.05) is 6.54 Å². The van der Waals surface area contributed by atoms with Crippen molar-refractivity contribution in [3.05, 3.63) is 12.3 Å². The molecule has 1 atom stereocenters. The van der Waals surface area contributed by atoms with Crippen molar-refractivity contribution in [1.29, 1.82) is 0 Å². The van der Waals surface area contributed by atoms with E-state index in [-0.39, 0.29) is 0 Å². The first-order valence-corrected chi connectivity index (χ1v) is 5.84. The van der Waals surface area contributed by atoms with Gasteiger partial charge in [-0.15, -0.1) is 0 Å². The lowest BCUT2D eigenvalue weighted by atomic mass is 10.00. The summed E-state index contributed by atoms with van der Waals surface area (Å²) in [5, 5.41) is 3.67. The van der Waals surface area contributed by atoms with Gasteiger partial charge in [-0.3, -0.25) is 0 Å². The summed E-state index contributed by atoms with van der Waals surface area (Å²) < 4.78 is 5.54. The van der Waals surface area contributed by atoms with Crippen LogP contribution in [-0.4, -0.2) is 18.2 Å². The van der Waals surface area contributed by atoms with E-state index in [0.717, 1.165) is 6.54 Å². The standard InChI is InChI=1S/C12H21NO/c1-12(7-3-4-8-12)13-10-11-6-2-5-9-14-11/h5,9,11,13H,2-4,6-8,10H2,1H3. The van der Waals surface area contributed by atoms with Gasteiger partial charge in [0.2, 0.25) is 0 Å². The summed E-state index contributed by atoms with van der Waals surface area (Å²) >= 11 is 0. The van der Waals surface area contributed by atoms with Crippen molar-refractivity contribution in [3.8, 4) is 0 Å². The molecule has 1 aliphatic carbocycles. The second-order valence-electron chi connectivity index (χ2n) is 4.86. The highest BCUT2D eigenvalue weighted by atomic mass is 16.5. The quantitative estimate of drug-likeness (QED) is 0.747. The Bertz CT molecular complexity index is 206. The van der Waals surface area contributed by atoms with Crippen molar-refractivity contribution < 1.29 is 4.74 Å². The molecule has 1 heterocycles. The zero-order valence-corrected chi connectivity index (χ0v) is 9.09. The lowest BCUT2D eigenvalue weighted by Crippen LogP contribution is -2.44. The third-order valence-electron chi connectivity index (χ3n) is 3.49. The predicted molar refractivity (Wildman–Crippen MR) is 58.1 cm³/mol. The third kappa shape index (κ3) is 2.50. The molecule has 1 unspecified atom stereocenters. The number of nitrogens with one attached hydrogen (secondary N) is 1. The fourth-order valence-electron chi connectivity index (χ4n) is 2.43. The Balaban J connectivity index is 1.73. The Labute approximate surface area is 86.7 Å². The smallest absolute Gasteiger partial charge is 0.110 e. The summed E-state index contributed by atoms with van der Waals surface area (Å²) in [6.45, 7) is 3.36. The molecule has 1 saturated carbocycles. The van der Waals surface area contributed by atoms with E-state index in [1.165, 1.54) is 38.5 Å². The van der Waals surface area contributed by atoms with Gasteiger partial charge in [0.25, 0.3) is 0 Å². The second kappa shape index (κ2) is 4.35. The minimum Gasteiger partial charge on any atom is -0.497 e. The summed E-state index contributed by atoms with van der Waals surface area (Å²) in [5.41, 5.74) is 0.393. The third-order valence-corrected chi connectivity index (χ3v) is 3.49. The molecule has 1 fully saturated rings. The van der Waals surface area contributed by atoms with Crippen LogP contribution in [0.15, 0.2) is 12.3 Å². The molecule has 2 nitrogen and oxygen atoms in total. The van der Waals surface area contributed by atoms with Crippen molar-refractivity contribution in [2.45, 2.75) is 57.1 Å². The van der Waals surface area contributed by atoms with Gasteiger partial charge in [0.1, 0.15) is 6.10 Å². The largest absolute Gasteiger partial charge is 0.497 e. The maximum Gasteiger partial charge on any atom is 0.110 e. The molecule has 2 rings (SSSR count). The molecule has 0 saturated heterocycles. The topological polar surface area (TPSA) is 21.3 Å². The van der Waals surface area contributed by atoms with E-state index < -0.39 is 0 Å². The zero-order valence-electron chi connectivity index (χ0n) is 9.09. The summed E-state index contributed by atoms with van der Waals surface area (Å²) in [4.78, 5) is 0. The Morgan fingerprint density at radius 2 is 2.21 bits per heavy atom. The van der Waals surface area contributed by atoms with Crippen LogP contribution in [-0.2, 0) is 4.74 Å². The second-order valence-corrected chi connectivity index (χ2v) is 4.86. The Morgan fingerprint density at radius 3 is 2.86 bits per heavy atom.